The standard InChI is InChI=1S/C12H13ClN2O/c1-7(2)12-14-11(13)10-9(8(3)16)5-4-6-15(10)12/h4-7H,1-3H3. The average molecular weight is 237 g/mol. The van der Waals surface area contributed by atoms with E-state index in [0.717, 1.165) is 5.82 Å². The van der Waals surface area contributed by atoms with Crippen LogP contribution in [0.25, 0.3) is 5.52 Å². The lowest BCUT2D eigenvalue weighted by atomic mass is 10.1. The van der Waals surface area contributed by atoms with Gasteiger partial charge in [0.25, 0.3) is 0 Å². The number of nitrogens with zero attached hydrogens (tertiary/aromatic N) is 2. The average Bonchev–Trinajstić information content (AvgIpc) is 2.56. The number of hydrogen-bond acceptors (Lipinski definition) is 2. The minimum absolute atomic E-state index is 0.00251. The maximum Gasteiger partial charge on any atom is 0.162 e. The highest BCUT2D eigenvalue weighted by Crippen LogP contribution is 2.25. The monoisotopic (exact) mass is 236 g/mol. The summed E-state index contributed by atoms with van der Waals surface area (Å²) in [5.74, 6) is 1.15. The number of carbonyl (C=O) groups is 1. The molecule has 0 N–H and O–H groups in total. The zero-order valence-electron chi connectivity index (χ0n) is 9.49. The fourth-order valence-corrected chi connectivity index (χ4v) is 2.09. The Labute approximate surface area is 99.1 Å². The van der Waals surface area contributed by atoms with Crippen LogP contribution in [-0.2, 0) is 0 Å². The van der Waals surface area contributed by atoms with Crippen molar-refractivity contribution in [3.63, 3.8) is 0 Å². The van der Waals surface area contributed by atoms with E-state index in [-0.39, 0.29) is 11.7 Å². The van der Waals surface area contributed by atoms with Gasteiger partial charge in [-0.2, -0.15) is 0 Å². The molecule has 0 radical (unpaired) electrons. The first kappa shape index (κ1) is 11.1. The third-order valence-electron chi connectivity index (χ3n) is 2.54. The molecule has 0 fully saturated rings. The van der Waals surface area contributed by atoms with Crippen LogP contribution >= 0.6 is 11.6 Å². The molecule has 0 spiro atoms. The number of fused-ring (bicyclic) bond motifs is 1. The molecule has 0 saturated heterocycles. The lowest BCUT2D eigenvalue weighted by Gasteiger charge is -2.05. The number of aromatic nitrogens is 2. The summed E-state index contributed by atoms with van der Waals surface area (Å²) in [6.45, 7) is 5.63. The number of pyridine rings is 1. The lowest BCUT2D eigenvalue weighted by molar-refractivity contribution is 0.101. The topological polar surface area (TPSA) is 34.4 Å². The molecule has 0 unspecified atom stereocenters. The normalized spacial score (nSPS) is 11.3. The summed E-state index contributed by atoms with van der Waals surface area (Å²) in [5, 5.41) is 0.398. The molecule has 0 aliphatic rings. The van der Waals surface area contributed by atoms with E-state index in [2.05, 4.69) is 4.98 Å². The van der Waals surface area contributed by atoms with Crippen molar-refractivity contribution in [3.05, 3.63) is 34.9 Å². The second kappa shape index (κ2) is 3.91. The summed E-state index contributed by atoms with van der Waals surface area (Å²) < 4.78 is 1.89. The Morgan fingerprint density at radius 3 is 2.75 bits per heavy atom. The molecule has 16 heavy (non-hydrogen) atoms. The van der Waals surface area contributed by atoms with Crippen molar-refractivity contribution in [2.24, 2.45) is 0 Å². The van der Waals surface area contributed by atoms with Gasteiger partial charge < -0.3 is 4.40 Å². The Hall–Kier alpha value is -1.35. The molecule has 3 nitrogen and oxygen atoms in total. The number of Topliss-reactive ketones (excluding diaryl/α,β-unsaturated/α-hetero) is 1. The number of ketones is 1. The van der Waals surface area contributed by atoms with Crippen LogP contribution in [0.3, 0.4) is 0 Å². The molecule has 0 amide bonds. The fraction of sp³-hybridized carbons (Fsp3) is 0.333. The third-order valence-corrected chi connectivity index (χ3v) is 2.81. The lowest BCUT2D eigenvalue weighted by Crippen LogP contribution is -2.00. The first-order valence-corrected chi connectivity index (χ1v) is 5.57. The molecule has 0 saturated carbocycles. The minimum Gasteiger partial charge on any atom is -0.301 e. The van der Waals surface area contributed by atoms with Gasteiger partial charge in [0.2, 0.25) is 0 Å². The van der Waals surface area contributed by atoms with Crippen molar-refractivity contribution < 1.29 is 4.79 Å². The molecule has 2 rings (SSSR count). The summed E-state index contributed by atoms with van der Waals surface area (Å²) in [6.07, 6.45) is 1.88. The molecule has 2 aromatic heterocycles. The quantitative estimate of drug-likeness (QED) is 0.750. The Balaban J connectivity index is 2.84. The summed E-state index contributed by atoms with van der Waals surface area (Å²) in [5.41, 5.74) is 1.33. The van der Waals surface area contributed by atoms with Gasteiger partial charge in [-0.1, -0.05) is 25.4 Å². The zero-order valence-corrected chi connectivity index (χ0v) is 10.2. The van der Waals surface area contributed by atoms with Gasteiger partial charge in [-0.15, -0.1) is 0 Å². The summed E-state index contributed by atoms with van der Waals surface area (Å²) in [7, 11) is 0. The molecule has 0 aromatic carbocycles. The second-order valence-electron chi connectivity index (χ2n) is 4.11. The molecular formula is C12H13ClN2O. The van der Waals surface area contributed by atoms with Crippen molar-refractivity contribution >= 4 is 22.9 Å². The smallest absolute Gasteiger partial charge is 0.162 e. The van der Waals surface area contributed by atoms with Gasteiger partial charge in [0, 0.05) is 17.7 Å². The maximum atomic E-state index is 11.5. The molecule has 0 aliphatic carbocycles. The Morgan fingerprint density at radius 2 is 2.19 bits per heavy atom. The molecule has 2 aromatic rings. The minimum atomic E-state index is 0.00251. The van der Waals surface area contributed by atoms with E-state index in [1.807, 2.05) is 30.5 Å². The van der Waals surface area contributed by atoms with Gasteiger partial charge in [-0.25, -0.2) is 4.98 Å². The summed E-state index contributed by atoms with van der Waals surface area (Å²) >= 11 is 6.09. The highest BCUT2D eigenvalue weighted by atomic mass is 35.5. The van der Waals surface area contributed by atoms with E-state index < -0.39 is 0 Å². The van der Waals surface area contributed by atoms with Gasteiger partial charge in [-0.3, -0.25) is 4.79 Å². The van der Waals surface area contributed by atoms with Crippen LogP contribution in [0.15, 0.2) is 18.3 Å². The molecule has 84 valence electrons. The number of imidazole rings is 1. The van der Waals surface area contributed by atoms with Gasteiger partial charge in [0.1, 0.15) is 5.82 Å². The van der Waals surface area contributed by atoms with Crippen LogP contribution in [-0.4, -0.2) is 15.2 Å². The van der Waals surface area contributed by atoms with Crippen molar-refractivity contribution in [2.45, 2.75) is 26.7 Å². The Bertz CT molecular complexity index is 557. The van der Waals surface area contributed by atoms with Crippen molar-refractivity contribution in [2.75, 3.05) is 0 Å². The molecule has 0 atom stereocenters. The van der Waals surface area contributed by atoms with E-state index in [0.29, 0.717) is 16.2 Å². The molecule has 4 heteroatoms. The van der Waals surface area contributed by atoms with E-state index >= 15 is 0 Å². The summed E-state index contributed by atoms with van der Waals surface area (Å²) in [4.78, 5) is 15.8. The predicted molar refractivity (Wildman–Crippen MR) is 64.3 cm³/mol. The highest BCUT2D eigenvalue weighted by Gasteiger charge is 2.16. The SMILES string of the molecule is CC(=O)c1cccn2c(C(C)C)nc(Cl)c12. The number of rotatable bonds is 2. The number of halogens is 1. The molecule has 0 bridgehead atoms. The first-order valence-electron chi connectivity index (χ1n) is 5.19. The van der Waals surface area contributed by atoms with Crippen LogP contribution in [0.5, 0.6) is 0 Å². The second-order valence-corrected chi connectivity index (χ2v) is 4.47. The van der Waals surface area contributed by atoms with Gasteiger partial charge in [0.15, 0.2) is 10.9 Å². The van der Waals surface area contributed by atoms with E-state index in [1.165, 1.54) is 6.92 Å². The third kappa shape index (κ3) is 1.61. The van der Waals surface area contributed by atoms with Crippen molar-refractivity contribution in [3.8, 4) is 0 Å². The zero-order chi connectivity index (χ0) is 11.9. The molecular weight excluding hydrogens is 224 g/mol. The van der Waals surface area contributed by atoms with Crippen molar-refractivity contribution in [1.29, 1.82) is 0 Å². The molecule has 0 aliphatic heterocycles. The van der Waals surface area contributed by atoms with Crippen LogP contribution in [0.1, 0.15) is 42.9 Å². The van der Waals surface area contributed by atoms with Crippen molar-refractivity contribution in [1.82, 2.24) is 9.38 Å². The number of hydrogen-bond donors (Lipinski definition) is 0. The Morgan fingerprint density at radius 1 is 1.50 bits per heavy atom. The van der Waals surface area contributed by atoms with Crippen LogP contribution in [0, 0.1) is 0 Å². The molecule has 2 heterocycles. The van der Waals surface area contributed by atoms with Gasteiger partial charge >= 0.3 is 0 Å². The largest absolute Gasteiger partial charge is 0.301 e. The van der Waals surface area contributed by atoms with Gasteiger partial charge in [0.05, 0.1) is 5.52 Å². The van der Waals surface area contributed by atoms with Gasteiger partial charge in [-0.05, 0) is 19.1 Å². The first-order chi connectivity index (χ1) is 7.52. The Kier molecular flexibility index (Phi) is 2.72. The van der Waals surface area contributed by atoms with E-state index in [1.54, 1.807) is 6.07 Å². The maximum absolute atomic E-state index is 11.5. The number of carbonyl (C=O) groups excluding carboxylic acids is 1. The van der Waals surface area contributed by atoms with E-state index in [9.17, 15) is 4.79 Å². The van der Waals surface area contributed by atoms with Crippen LogP contribution < -0.4 is 0 Å². The van der Waals surface area contributed by atoms with Crippen LogP contribution in [0.4, 0.5) is 0 Å². The predicted octanol–water partition coefficient (Wildman–Crippen LogP) is 3.31. The van der Waals surface area contributed by atoms with E-state index in [4.69, 9.17) is 11.6 Å². The fourth-order valence-electron chi connectivity index (χ4n) is 1.81. The van der Waals surface area contributed by atoms with Crippen LogP contribution in [0.2, 0.25) is 5.15 Å². The highest BCUT2D eigenvalue weighted by molar-refractivity contribution is 6.33. The summed E-state index contributed by atoms with van der Waals surface area (Å²) in [6, 6.07) is 3.61.